The highest BCUT2D eigenvalue weighted by Gasteiger charge is 2.30. The van der Waals surface area contributed by atoms with Crippen molar-refractivity contribution in [3.8, 4) is 11.4 Å². The van der Waals surface area contributed by atoms with Gasteiger partial charge in [-0.3, -0.25) is 9.69 Å². The number of likely N-dealkylation sites (N-methyl/N-ethyl adjacent to an activating group) is 1. The summed E-state index contributed by atoms with van der Waals surface area (Å²) in [6.07, 6.45) is -4.40. The first kappa shape index (κ1) is 20.5. The molecule has 6 nitrogen and oxygen atoms in total. The van der Waals surface area contributed by atoms with Crippen LogP contribution in [0.4, 0.5) is 18.9 Å². The minimum absolute atomic E-state index is 0.103. The van der Waals surface area contributed by atoms with Gasteiger partial charge in [0.25, 0.3) is 0 Å². The molecule has 0 aliphatic heterocycles. The molecule has 9 heteroatoms. The van der Waals surface area contributed by atoms with Gasteiger partial charge in [-0.1, -0.05) is 35.0 Å². The second-order valence-corrected chi connectivity index (χ2v) is 6.67. The summed E-state index contributed by atoms with van der Waals surface area (Å²) in [6, 6.07) is 12.0. The van der Waals surface area contributed by atoms with Crippen LogP contribution in [-0.4, -0.2) is 34.5 Å². The summed E-state index contributed by atoms with van der Waals surface area (Å²) in [5.74, 6) is 0.246. The van der Waals surface area contributed by atoms with Crippen molar-refractivity contribution in [2.24, 2.45) is 0 Å². The lowest BCUT2D eigenvalue weighted by molar-refractivity contribution is -0.137. The van der Waals surface area contributed by atoms with Crippen LogP contribution in [0.1, 0.15) is 17.0 Å². The van der Waals surface area contributed by atoms with Crippen LogP contribution in [0.5, 0.6) is 0 Å². The van der Waals surface area contributed by atoms with Gasteiger partial charge in [0.1, 0.15) is 0 Å². The monoisotopic (exact) mass is 404 g/mol. The van der Waals surface area contributed by atoms with Crippen LogP contribution in [0.3, 0.4) is 0 Å². The standard InChI is InChI=1S/C20H19F3N4O2/c1-13-3-9-16(10-4-13)24-17(28)11-27(2)12-18-25-19(26-29-18)14-5-7-15(8-6-14)20(21,22)23/h3-10H,11-12H2,1-2H3,(H,24,28). The van der Waals surface area contributed by atoms with E-state index in [1.54, 1.807) is 11.9 Å². The van der Waals surface area contributed by atoms with Gasteiger partial charge in [0.2, 0.25) is 17.6 Å². The predicted molar refractivity (Wildman–Crippen MR) is 101 cm³/mol. The van der Waals surface area contributed by atoms with Gasteiger partial charge in [0.15, 0.2) is 0 Å². The summed E-state index contributed by atoms with van der Waals surface area (Å²) in [7, 11) is 1.72. The van der Waals surface area contributed by atoms with Gasteiger partial charge in [-0.25, -0.2) is 0 Å². The number of hydrogen-bond donors (Lipinski definition) is 1. The third-order valence-electron chi connectivity index (χ3n) is 4.09. The van der Waals surface area contributed by atoms with E-state index in [4.69, 9.17) is 4.52 Å². The fourth-order valence-corrected chi connectivity index (χ4v) is 2.61. The van der Waals surface area contributed by atoms with Crippen LogP contribution >= 0.6 is 0 Å². The maximum atomic E-state index is 12.6. The Morgan fingerprint density at radius 3 is 2.38 bits per heavy atom. The summed E-state index contributed by atoms with van der Waals surface area (Å²) in [5, 5.41) is 6.59. The molecule has 0 fully saturated rings. The van der Waals surface area contributed by atoms with E-state index in [1.165, 1.54) is 12.1 Å². The first-order valence-electron chi connectivity index (χ1n) is 8.76. The Hall–Kier alpha value is -3.20. The Labute approximate surface area is 165 Å². The number of nitrogens with zero attached hydrogens (tertiary/aromatic N) is 3. The molecule has 0 aliphatic carbocycles. The molecule has 0 radical (unpaired) electrons. The molecule has 152 valence electrons. The molecule has 0 unspecified atom stereocenters. The van der Waals surface area contributed by atoms with Crippen molar-refractivity contribution in [3.63, 3.8) is 0 Å². The number of aryl methyl sites for hydroxylation is 1. The maximum Gasteiger partial charge on any atom is 0.416 e. The number of alkyl halides is 3. The lowest BCUT2D eigenvalue weighted by Gasteiger charge is -2.14. The molecule has 1 amide bonds. The maximum absolute atomic E-state index is 12.6. The molecular formula is C20H19F3N4O2. The van der Waals surface area contributed by atoms with E-state index in [9.17, 15) is 18.0 Å². The van der Waals surface area contributed by atoms with E-state index < -0.39 is 11.7 Å². The molecule has 0 saturated carbocycles. The van der Waals surface area contributed by atoms with Crippen LogP contribution in [0.15, 0.2) is 53.1 Å². The minimum atomic E-state index is -4.40. The minimum Gasteiger partial charge on any atom is -0.338 e. The first-order valence-corrected chi connectivity index (χ1v) is 8.76. The number of nitrogens with one attached hydrogen (secondary N) is 1. The first-order chi connectivity index (χ1) is 13.7. The number of aromatic nitrogens is 2. The summed E-state index contributed by atoms with van der Waals surface area (Å²) in [6.45, 7) is 2.28. The summed E-state index contributed by atoms with van der Waals surface area (Å²) < 4.78 is 43.1. The number of rotatable bonds is 6. The molecule has 0 spiro atoms. The highest BCUT2D eigenvalue weighted by molar-refractivity contribution is 5.92. The Balaban J connectivity index is 1.56. The predicted octanol–water partition coefficient (Wildman–Crippen LogP) is 4.13. The van der Waals surface area contributed by atoms with E-state index >= 15 is 0 Å². The van der Waals surface area contributed by atoms with E-state index in [1.807, 2.05) is 31.2 Å². The van der Waals surface area contributed by atoms with E-state index in [2.05, 4.69) is 15.5 Å². The summed E-state index contributed by atoms with van der Waals surface area (Å²) in [4.78, 5) is 18.0. The molecular weight excluding hydrogens is 385 g/mol. The van der Waals surface area contributed by atoms with Gasteiger partial charge < -0.3 is 9.84 Å². The van der Waals surface area contributed by atoms with Crippen LogP contribution in [0.25, 0.3) is 11.4 Å². The quantitative estimate of drug-likeness (QED) is 0.669. The highest BCUT2D eigenvalue weighted by atomic mass is 19.4. The normalized spacial score (nSPS) is 11.7. The van der Waals surface area contributed by atoms with E-state index in [-0.39, 0.29) is 30.7 Å². The number of anilines is 1. The van der Waals surface area contributed by atoms with Gasteiger partial charge in [0.05, 0.1) is 18.7 Å². The summed E-state index contributed by atoms with van der Waals surface area (Å²) in [5.41, 5.74) is 1.47. The van der Waals surface area contributed by atoms with Crippen molar-refractivity contribution in [2.45, 2.75) is 19.6 Å². The van der Waals surface area contributed by atoms with Crippen molar-refractivity contribution in [1.82, 2.24) is 15.0 Å². The van der Waals surface area contributed by atoms with Gasteiger partial charge in [-0.15, -0.1) is 0 Å². The number of benzene rings is 2. The molecule has 1 N–H and O–H groups in total. The average Bonchev–Trinajstić information content (AvgIpc) is 3.11. The topological polar surface area (TPSA) is 71.3 Å². The summed E-state index contributed by atoms with van der Waals surface area (Å²) >= 11 is 0. The Kier molecular flexibility index (Phi) is 5.97. The Bertz CT molecular complexity index is 967. The van der Waals surface area contributed by atoms with Crippen molar-refractivity contribution in [2.75, 3.05) is 18.9 Å². The van der Waals surface area contributed by atoms with Crippen molar-refractivity contribution in [3.05, 3.63) is 65.5 Å². The number of halogens is 3. The molecule has 29 heavy (non-hydrogen) atoms. The van der Waals surface area contributed by atoms with E-state index in [0.717, 1.165) is 17.7 Å². The smallest absolute Gasteiger partial charge is 0.338 e. The number of carbonyl (C=O) groups excluding carboxylic acids is 1. The van der Waals surface area contributed by atoms with Crippen molar-refractivity contribution >= 4 is 11.6 Å². The molecule has 0 atom stereocenters. The lowest BCUT2D eigenvalue weighted by atomic mass is 10.1. The SMILES string of the molecule is Cc1ccc(NC(=O)CN(C)Cc2nc(-c3ccc(C(F)(F)F)cc3)no2)cc1. The second kappa shape index (κ2) is 8.44. The molecule has 0 saturated heterocycles. The van der Waals surface area contributed by atoms with Crippen LogP contribution in [0.2, 0.25) is 0 Å². The van der Waals surface area contributed by atoms with Crippen molar-refractivity contribution in [1.29, 1.82) is 0 Å². The van der Waals surface area contributed by atoms with Crippen LogP contribution < -0.4 is 5.32 Å². The van der Waals surface area contributed by atoms with Crippen LogP contribution in [0, 0.1) is 6.92 Å². The zero-order valence-electron chi connectivity index (χ0n) is 15.8. The lowest BCUT2D eigenvalue weighted by Crippen LogP contribution is -2.29. The number of hydrogen-bond acceptors (Lipinski definition) is 5. The number of carbonyl (C=O) groups is 1. The van der Waals surface area contributed by atoms with Gasteiger partial charge in [0, 0.05) is 11.3 Å². The molecule has 3 aromatic rings. The fourth-order valence-electron chi connectivity index (χ4n) is 2.61. The molecule has 0 aliphatic rings. The number of amides is 1. The zero-order chi connectivity index (χ0) is 21.0. The fraction of sp³-hybridized carbons (Fsp3) is 0.250. The Morgan fingerprint density at radius 1 is 1.10 bits per heavy atom. The third-order valence-corrected chi connectivity index (χ3v) is 4.09. The molecule has 1 aromatic heterocycles. The highest BCUT2D eigenvalue weighted by Crippen LogP contribution is 2.30. The third kappa shape index (κ3) is 5.64. The molecule has 2 aromatic carbocycles. The molecule has 3 rings (SSSR count). The van der Waals surface area contributed by atoms with E-state index in [0.29, 0.717) is 11.3 Å². The molecule has 1 heterocycles. The van der Waals surface area contributed by atoms with Gasteiger partial charge in [-0.05, 0) is 38.2 Å². The second-order valence-electron chi connectivity index (χ2n) is 6.67. The van der Waals surface area contributed by atoms with Gasteiger partial charge in [-0.2, -0.15) is 18.2 Å². The zero-order valence-corrected chi connectivity index (χ0v) is 15.8. The van der Waals surface area contributed by atoms with Crippen LogP contribution in [-0.2, 0) is 17.5 Å². The Morgan fingerprint density at radius 2 is 1.76 bits per heavy atom. The molecule has 0 bridgehead atoms. The van der Waals surface area contributed by atoms with Crippen molar-refractivity contribution < 1.29 is 22.5 Å². The van der Waals surface area contributed by atoms with Gasteiger partial charge >= 0.3 is 6.18 Å². The largest absolute Gasteiger partial charge is 0.416 e. The average molecular weight is 404 g/mol.